The molecule has 0 saturated heterocycles. The lowest BCUT2D eigenvalue weighted by molar-refractivity contribution is 0.0951. The first-order chi connectivity index (χ1) is 9.92. The van der Waals surface area contributed by atoms with Crippen molar-refractivity contribution in [3.05, 3.63) is 45.2 Å². The predicted octanol–water partition coefficient (Wildman–Crippen LogP) is 2.80. The van der Waals surface area contributed by atoms with Gasteiger partial charge in [0.15, 0.2) is 0 Å². The van der Waals surface area contributed by atoms with E-state index in [0.29, 0.717) is 12.2 Å². The quantitative estimate of drug-likeness (QED) is 0.848. The largest absolute Gasteiger partial charge is 0.399 e. The molecule has 0 aliphatic carbocycles. The van der Waals surface area contributed by atoms with Crippen molar-refractivity contribution in [3.63, 3.8) is 0 Å². The van der Waals surface area contributed by atoms with Crippen LogP contribution in [0.4, 0.5) is 5.69 Å². The molecule has 0 unspecified atom stereocenters. The van der Waals surface area contributed by atoms with E-state index in [9.17, 15) is 4.79 Å². The van der Waals surface area contributed by atoms with Gasteiger partial charge in [-0.15, -0.1) is 0 Å². The highest BCUT2D eigenvalue weighted by atomic mass is 35.5. The van der Waals surface area contributed by atoms with Crippen molar-refractivity contribution in [1.29, 1.82) is 0 Å². The first-order valence-electron chi connectivity index (χ1n) is 6.46. The third kappa shape index (κ3) is 3.49. The molecule has 0 aliphatic heterocycles. The number of hydrogen-bond acceptors (Lipinski definition) is 3. The van der Waals surface area contributed by atoms with E-state index in [1.54, 1.807) is 4.68 Å². The topological polar surface area (TPSA) is 72.9 Å². The lowest BCUT2D eigenvalue weighted by Gasteiger charge is -2.08. The maximum atomic E-state index is 12.2. The number of halogens is 2. The summed E-state index contributed by atoms with van der Waals surface area (Å²) in [6.07, 6.45) is 2.68. The van der Waals surface area contributed by atoms with Gasteiger partial charge in [0.25, 0.3) is 5.91 Å². The zero-order valence-electron chi connectivity index (χ0n) is 11.8. The van der Waals surface area contributed by atoms with E-state index >= 15 is 0 Å². The normalized spacial score (nSPS) is 10.7. The van der Waals surface area contributed by atoms with E-state index < -0.39 is 0 Å². The van der Waals surface area contributed by atoms with Crippen molar-refractivity contribution in [2.45, 2.75) is 19.9 Å². The molecule has 0 radical (unpaired) electrons. The van der Waals surface area contributed by atoms with Gasteiger partial charge in [0.2, 0.25) is 0 Å². The number of nitrogens with two attached hydrogens (primary N) is 1. The summed E-state index contributed by atoms with van der Waals surface area (Å²) in [5.74, 6) is -0.319. The Morgan fingerprint density at radius 1 is 1.43 bits per heavy atom. The molecule has 2 rings (SSSR count). The van der Waals surface area contributed by atoms with Gasteiger partial charge in [-0.05, 0) is 18.6 Å². The maximum absolute atomic E-state index is 12.2. The van der Waals surface area contributed by atoms with Crippen LogP contribution in [0.2, 0.25) is 10.0 Å². The number of nitrogens with one attached hydrogen (secondary N) is 1. The number of carbonyl (C=O) groups is 1. The number of aromatic nitrogens is 2. The first kappa shape index (κ1) is 15.7. The Labute approximate surface area is 133 Å². The number of carbonyl (C=O) groups excluding carboxylic acids is 1. The summed E-state index contributed by atoms with van der Waals surface area (Å²) in [4.78, 5) is 12.2. The van der Waals surface area contributed by atoms with Crippen molar-refractivity contribution < 1.29 is 4.79 Å². The van der Waals surface area contributed by atoms with Crippen LogP contribution in [0.1, 0.15) is 28.5 Å². The van der Waals surface area contributed by atoms with Crippen molar-refractivity contribution in [3.8, 4) is 0 Å². The Morgan fingerprint density at radius 3 is 2.81 bits per heavy atom. The maximum Gasteiger partial charge on any atom is 0.253 e. The molecule has 2 aromatic rings. The van der Waals surface area contributed by atoms with Crippen LogP contribution in [0.15, 0.2) is 18.3 Å². The van der Waals surface area contributed by atoms with Crippen molar-refractivity contribution >= 4 is 34.8 Å². The van der Waals surface area contributed by atoms with Crippen LogP contribution in [0.3, 0.4) is 0 Å². The van der Waals surface area contributed by atoms with Gasteiger partial charge in [0.1, 0.15) is 0 Å². The smallest absolute Gasteiger partial charge is 0.253 e. The van der Waals surface area contributed by atoms with Crippen LogP contribution in [-0.4, -0.2) is 15.7 Å². The number of nitrogens with zero attached hydrogens (tertiary/aromatic N) is 2. The molecular weight excluding hydrogens is 311 g/mol. The molecule has 0 atom stereocenters. The first-order valence-corrected chi connectivity index (χ1v) is 7.22. The van der Waals surface area contributed by atoms with Crippen molar-refractivity contribution in [2.75, 3.05) is 5.73 Å². The fourth-order valence-electron chi connectivity index (χ4n) is 2.07. The minimum absolute atomic E-state index is 0.199. The number of benzene rings is 1. The number of rotatable bonds is 4. The van der Waals surface area contributed by atoms with E-state index in [1.807, 2.05) is 20.2 Å². The molecule has 21 heavy (non-hydrogen) atoms. The Bertz CT molecular complexity index is 682. The van der Waals surface area contributed by atoms with E-state index in [1.165, 1.54) is 12.1 Å². The summed E-state index contributed by atoms with van der Waals surface area (Å²) in [5, 5.41) is 7.59. The third-order valence-electron chi connectivity index (χ3n) is 3.06. The molecule has 1 amide bonds. The molecule has 112 valence electrons. The SMILES string of the molecule is CCc1nn(C)cc1CNC(=O)c1cc(N)cc(Cl)c1Cl. The van der Waals surface area contributed by atoms with E-state index in [-0.39, 0.29) is 21.5 Å². The summed E-state index contributed by atoms with van der Waals surface area (Å²) >= 11 is 12.0. The molecule has 1 aromatic heterocycles. The highest BCUT2D eigenvalue weighted by Crippen LogP contribution is 2.28. The van der Waals surface area contributed by atoms with Crippen LogP contribution in [0.5, 0.6) is 0 Å². The predicted molar refractivity (Wildman–Crippen MR) is 84.6 cm³/mol. The summed E-state index contributed by atoms with van der Waals surface area (Å²) < 4.78 is 1.73. The van der Waals surface area contributed by atoms with Crippen LogP contribution in [-0.2, 0) is 20.0 Å². The third-order valence-corrected chi connectivity index (χ3v) is 3.86. The number of hydrogen-bond donors (Lipinski definition) is 2. The molecule has 1 heterocycles. The molecular formula is C14H16Cl2N4O. The molecule has 5 nitrogen and oxygen atoms in total. The van der Waals surface area contributed by atoms with Crippen LogP contribution in [0, 0.1) is 0 Å². The zero-order valence-corrected chi connectivity index (χ0v) is 13.3. The highest BCUT2D eigenvalue weighted by Gasteiger charge is 2.15. The highest BCUT2D eigenvalue weighted by molar-refractivity contribution is 6.44. The molecule has 7 heteroatoms. The second-order valence-electron chi connectivity index (χ2n) is 4.68. The Kier molecular flexibility index (Phi) is 4.75. The van der Waals surface area contributed by atoms with Gasteiger partial charge in [0.05, 0.1) is 21.3 Å². The zero-order chi connectivity index (χ0) is 15.6. The van der Waals surface area contributed by atoms with E-state index in [2.05, 4.69) is 10.4 Å². The molecule has 0 fully saturated rings. The number of anilines is 1. The molecule has 0 saturated carbocycles. The lowest BCUT2D eigenvalue weighted by Crippen LogP contribution is -2.23. The van der Waals surface area contributed by atoms with E-state index in [4.69, 9.17) is 28.9 Å². The van der Waals surface area contributed by atoms with E-state index in [0.717, 1.165) is 17.7 Å². The molecule has 0 bridgehead atoms. The van der Waals surface area contributed by atoms with Gasteiger partial charge in [-0.25, -0.2) is 0 Å². The standard InChI is InChI=1S/C14H16Cl2N4O/c1-3-12-8(7-20(2)19-12)6-18-14(21)10-4-9(17)5-11(15)13(10)16/h4-5,7H,3,6,17H2,1-2H3,(H,18,21). The fourth-order valence-corrected chi connectivity index (χ4v) is 2.50. The summed E-state index contributed by atoms with van der Waals surface area (Å²) in [5.41, 5.74) is 8.27. The van der Waals surface area contributed by atoms with Crippen molar-refractivity contribution in [2.24, 2.45) is 7.05 Å². The average molecular weight is 327 g/mol. The second-order valence-corrected chi connectivity index (χ2v) is 5.46. The van der Waals surface area contributed by atoms with Gasteiger partial charge in [-0.1, -0.05) is 30.1 Å². The Morgan fingerprint density at radius 2 is 2.14 bits per heavy atom. The number of nitrogen functional groups attached to an aromatic ring is 1. The summed E-state index contributed by atoms with van der Waals surface area (Å²) in [6, 6.07) is 3.02. The van der Waals surface area contributed by atoms with Crippen molar-refractivity contribution in [1.82, 2.24) is 15.1 Å². The molecule has 0 spiro atoms. The van der Waals surface area contributed by atoms with Gasteiger partial charge in [0, 0.05) is 31.0 Å². The van der Waals surface area contributed by atoms with Gasteiger partial charge in [-0.3, -0.25) is 9.48 Å². The van der Waals surface area contributed by atoms with Gasteiger partial charge < -0.3 is 11.1 Å². The minimum atomic E-state index is -0.319. The summed E-state index contributed by atoms with van der Waals surface area (Å²) in [6.45, 7) is 2.39. The lowest BCUT2D eigenvalue weighted by atomic mass is 10.1. The van der Waals surface area contributed by atoms with Gasteiger partial charge in [-0.2, -0.15) is 5.10 Å². The summed E-state index contributed by atoms with van der Waals surface area (Å²) in [7, 11) is 1.85. The fraction of sp³-hybridized carbons (Fsp3) is 0.286. The minimum Gasteiger partial charge on any atom is -0.399 e. The Hall–Kier alpha value is -1.72. The second kappa shape index (κ2) is 6.37. The monoisotopic (exact) mass is 326 g/mol. The number of aryl methyl sites for hydroxylation is 2. The molecule has 0 aliphatic rings. The number of amides is 1. The van der Waals surface area contributed by atoms with Crippen LogP contribution >= 0.6 is 23.2 Å². The van der Waals surface area contributed by atoms with Gasteiger partial charge >= 0.3 is 0 Å². The molecule has 3 N–H and O–H groups in total. The average Bonchev–Trinajstić information content (AvgIpc) is 2.80. The van der Waals surface area contributed by atoms with Crippen LogP contribution in [0.25, 0.3) is 0 Å². The Balaban J connectivity index is 2.15. The molecule has 1 aromatic carbocycles. The van der Waals surface area contributed by atoms with Crippen LogP contribution < -0.4 is 11.1 Å².